The highest BCUT2D eigenvalue weighted by Gasteiger charge is 2.34. The van der Waals surface area contributed by atoms with Crippen LogP contribution in [0.4, 0.5) is 13.2 Å². The van der Waals surface area contributed by atoms with E-state index in [1.165, 1.54) is 12.3 Å². The molecule has 0 radical (unpaired) electrons. The minimum Gasteiger partial charge on any atom is -0.494 e. The number of amides is 1. The number of rotatable bonds is 4. The second-order valence-corrected chi connectivity index (χ2v) is 6.38. The molecule has 2 N–H and O–H groups in total. The van der Waals surface area contributed by atoms with Gasteiger partial charge in [-0.3, -0.25) is 4.79 Å². The number of ether oxygens (including phenoxy) is 2. The molecule has 1 aliphatic rings. The van der Waals surface area contributed by atoms with Crippen molar-refractivity contribution in [3.05, 3.63) is 77.5 Å². The lowest BCUT2D eigenvalue weighted by molar-refractivity contribution is -0.144. The van der Waals surface area contributed by atoms with Gasteiger partial charge in [-0.05, 0) is 23.3 Å². The molecule has 2 aromatic carbocycles. The maximum atomic E-state index is 12.9. The van der Waals surface area contributed by atoms with Crippen LogP contribution < -0.4 is 5.32 Å². The SMILES string of the molecule is O=C(N[C@H](c1ccccc1)c1ccc2nc(C(F)(F)F)[nH]c2c1)C1=COCCO1. The molecule has 3 aromatic rings. The molecule has 1 amide bonds. The monoisotopic (exact) mass is 403 g/mol. The molecule has 0 saturated carbocycles. The summed E-state index contributed by atoms with van der Waals surface area (Å²) in [5.74, 6) is -1.51. The second-order valence-electron chi connectivity index (χ2n) is 6.38. The van der Waals surface area contributed by atoms with Gasteiger partial charge < -0.3 is 19.8 Å². The van der Waals surface area contributed by atoms with Crippen molar-refractivity contribution in [2.24, 2.45) is 0 Å². The molecular weight excluding hydrogens is 387 g/mol. The van der Waals surface area contributed by atoms with E-state index in [4.69, 9.17) is 9.47 Å². The Morgan fingerprint density at radius 2 is 1.90 bits per heavy atom. The highest BCUT2D eigenvalue weighted by Crippen LogP contribution is 2.30. The van der Waals surface area contributed by atoms with E-state index in [9.17, 15) is 18.0 Å². The molecule has 1 atom stereocenters. The first-order valence-corrected chi connectivity index (χ1v) is 8.79. The van der Waals surface area contributed by atoms with Crippen LogP contribution in [0.2, 0.25) is 0 Å². The molecule has 0 bridgehead atoms. The van der Waals surface area contributed by atoms with E-state index in [1.54, 1.807) is 12.1 Å². The van der Waals surface area contributed by atoms with Crippen LogP contribution in [0, 0.1) is 0 Å². The predicted octanol–water partition coefficient (Wildman–Crippen LogP) is 3.68. The zero-order valence-electron chi connectivity index (χ0n) is 15.0. The highest BCUT2D eigenvalue weighted by molar-refractivity contribution is 5.92. The van der Waals surface area contributed by atoms with Gasteiger partial charge >= 0.3 is 6.18 Å². The van der Waals surface area contributed by atoms with Gasteiger partial charge in [-0.2, -0.15) is 13.2 Å². The van der Waals surface area contributed by atoms with Crippen LogP contribution in [0.5, 0.6) is 0 Å². The molecule has 29 heavy (non-hydrogen) atoms. The highest BCUT2D eigenvalue weighted by atomic mass is 19.4. The van der Waals surface area contributed by atoms with Crippen LogP contribution in [-0.2, 0) is 20.4 Å². The van der Waals surface area contributed by atoms with Crippen molar-refractivity contribution >= 4 is 16.9 Å². The van der Waals surface area contributed by atoms with Gasteiger partial charge in [0.25, 0.3) is 5.91 Å². The number of hydrogen-bond donors (Lipinski definition) is 2. The minimum absolute atomic E-state index is 0.0409. The van der Waals surface area contributed by atoms with Crippen LogP contribution in [0.15, 0.2) is 60.6 Å². The molecule has 0 aliphatic carbocycles. The summed E-state index contributed by atoms with van der Waals surface area (Å²) < 4.78 is 49.3. The zero-order valence-corrected chi connectivity index (χ0v) is 15.0. The van der Waals surface area contributed by atoms with Crippen molar-refractivity contribution in [2.75, 3.05) is 13.2 Å². The normalized spacial score (nSPS) is 15.2. The first-order valence-electron chi connectivity index (χ1n) is 8.79. The van der Waals surface area contributed by atoms with Gasteiger partial charge in [0.2, 0.25) is 11.6 Å². The number of benzene rings is 2. The van der Waals surface area contributed by atoms with Crippen molar-refractivity contribution in [1.29, 1.82) is 0 Å². The van der Waals surface area contributed by atoms with E-state index in [1.807, 2.05) is 30.3 Å². The Morgan fingerprint density at radius 3 is 2.59 bits per heavy atom. The van der Waals surface area contributed by atoms with E-state index in [0.29, 0.717) is 12.2 Å². The largest absolute Gasteiger partial charge is 0.494 e. The standard InChI is InChI=1S/C20H16F3N3O3/c21-20(22,23)19-24-14-7-6-13(10-15(14)25-19)17(12-4-2-1-3-5-12)26-18(27)16-11-28-8-9-29-16/h1-7,10-11,17H,8-9H2,(H,24,25)(H,26,27)/t17-/m1/s1. The van der Waals surface area contributed by atoms with E-state index >= 15 is 0 Å². The Morgan fingerprint density at radius 1 is 1.10 bits per heavy atom. The van der Waals surface area contributed by atoms with Crippen molar-refractivity contribution < 1.29 is 27.4 Å². The third-order valence-electron chi connectivity index (χ3n) is 4.39. The summed E-state index contributed by atoms with van der Waals surface area (Å²) >= 11 is 0. The fourth-order valence-electron chi connectivity index (χ4n) is 3.04. The molecular formula is C20H16F3N3O3. The molecule has 2 heterocycles. The van der Waals surface area contributed by atoms with Crippen LogP contribution >= 0.6 is 0 Å². The molecule has 0 unspecified atom stereocenters. The molecule has 0 saturated heterocycles. The van der Waals surface area contributed by atoms with Gasteiger partial charge in [0.05, 0.1) is 17.1 Å². The molecule has 9 heteroatoms. The van der Waals surface area contributed by atoms with Gasteiger partial charge in [-0.1, -0.05) is 36.4 Å². The summed E-state index contributed by atoms with van der Waals surface area (Å²) in [6.45, 7) is 0.618. The summed E-state index contributed by atoms with van der Waals surface area (Å²) in [6.07, 6.45) is -3.33. The average molecular weight is 403 g/mol. The Balaban J connectivity index is 1.71. The van der Waals surface area contributed by atoms with Gasteiger partial charge in [-0.25, -0.2) is 4.98 Å². The number of nitrogens with one attached hydrogen (secondary N) is 2. The number of hydrogen-bond acceptors (Lipinski definition) is 4. The number of aromatic nitrogens is 2. The third kappa shape index (κ3) is 4.03. The zero-order chi connectivity index (χ0) is 20.4. The maximum Gasteiger partial charge on any atom is 0.449 e. The van der Waals surface area contributed by atoms with E-state index in [0.717, 1.165) is 5.56 Å². The van der Waals surface area contributed by atoms with Crippen molar-refractivity contribution in [1.82, 2.24) is 15.3 Å². The first kappa shape index (κ1) is 18.9. The fraction of sp³-hybridized carbons (Fsp3) is 0.200. The van der Waals surface area contributed by atoms with Crippen molar-refractivity contribution in [3.8, 4) is 0 Å². The number of carbonyl (C=O) groups excluding carboxylic acids is 1. The summed E-state index contributed by atoms with van der Waals surface area (Å²) in [7, 11) is 0. The maximum absolute atomic E-state index is 12.9. The van der Waals surface area contributed by atoms with Crippen molar-refractivity contribution in [3.63, 3.8) is 0 Å². The third-order valence-corrected chi connectivity index (χ3v) is 4.39. The Hall–Kier alpha value is -3.49. The van der Waals surface area contributed by atoms with Crippen LogP contribution in [-0.4, -0.2) is 29.1 Å². The molecule has 150 valence electrons. The summed E-state index contributed by atoms with van der Waals surface area (Å²) in [4.78, 5) is 18.5. The Kier molecular flexibility index (Phi) is 4.87. The smallest absolute Gasteiger partial charge is 0.449 e. The van der Waals surface area contributed by atoms with Gasteiger partial charge in [0.1, 0.15) is 19.5 Å². The topological polar surface area (TPSA) is 76.2 Å². The Bertz CT molecular complexity index is 1060. The number of fused-ring (bicyclic) bond motifs is 1. The Labute approximate surface area is 163 Å². The molecule has 0 fully saturated rings. The van der Waals surface area contributed by atoms with Crippen LogP contribution in [0.25, 0.3) is 11.0 Å². The molecule has 1 aromatic heterocycles. The number of aromatic amines is 1. The molecule has 0 spiro atoms. The summed E-state index contributed by atoms with van der Waals surface area (Å²) in [5.41, 5.74) is 1.76. The number of nitrogens with zero attached hydrogens (tertiary/aromatic N) is 1. The van der Waals surface area contributed by atoms with Crippen molar-refractivity contribution in [2.45, 2.75) is 12.2 Å². The first-order chi connectivity index (χ1) is 13.9. The van der Waals surface area contributed by atoms with Crippen LogP contribution in [0.1, 0.15) is 23.0 Å². The number of carbonyl (C=O) groups is 1. The predicted molar refractivity (Wildman–Crippen MR) is 97.5 cm³/mol. The van der Waals surface area contributed by atoms with Gasteiger partial charge in [0.15, 0.2) is 0 Å². The number of halogens is 3. The lowest BCUT2D eigenvalue weighted by Crippen LogP contribution is -2.32. The quantitative estimate of drug-likeness (QED) is 0.697. The van der Waals surface area contributed by atoms with E-state index in [-0.39, 0.29) is 23.4 Å². The lowest BCUT2D eigenvalue weighted by atomic mass is 9.98. The number of H-pyrrole nitrogens is 1. The van der Waals surface area contributed by atoms with Gasteiger partial charge in [-0.15, -0.1) is 0 Å². The fourth-order valence-corrected chi connectivity index (χ4v) is 3.04. The van der Waals surface area contributed by atoms with E-state index < -0.39 is 23.9 Å². The number of imidazole rings is 1. The average Bonchev–Trinajstić information content (AvgIpc) is 3.17. The second kappa shape index (κ2) is 7.50. The number of alkyl halides is 3. The minimum atomic E-state index is -4.57. The molecule has 4 rings (SSSR count). The summed E-state index contributed by atoms with van der Waals surface area (Å²) in [6, 6.07) is 13.1. The van der Waals surface area contributed by atoms with Crippen LogP contribution in [0.3, 0.4) is 0 Å². The molecule has 6 nitrogen and oxygen atoms in total. The van der Waals surface area contributed by atoms with E-state index in [2.05, 4.69) is 15.3 Å². The summed E-state index contributed by atoms with van der Waals surface area (Å²) in [5, 5.41) is 2.85. The molecule has 1 aliphatic heterocycles. The van der Waals surface area contributed by atoms with Gasteiger partial charge in [0, 0.05) is 0 Å². The lowest BCUT2D eigenvalue weighted by Gasteiger charge is -2.22.